The van der Waals surface area contributed by atoms with Crippen molar-refractivity contribution in [3.63, 3.8) is 0 Å². The number of hydrogen-bond acceptors (Lipinski definition) is 4. The first kappa shape index (κ1) is 20.2. The molecule has 0 aromatic heterocycles. The van der Waals surface area contributed by atoms with Gasteiger partial charge in [0, 0.05) is 30.6 Å². The number of benzene rings is 1. The van der Waals surface area contributed by atoms with E-state index in [4.69, 9.17) is 11.6 Å². The maximum absolute atomic E-state index is 12.0. The van der Waals surface area contributed by atoms with E-state index in [1.165, 1.54) is 12.1 Å². The minimum atomic E-state index is -3.60. The predicted octanol–water partition coefficient (Wildman–Crippen LogP) is 1.30. The molecule has 1 fully saturated rings. The molecule has 1 saturated heterocycles. The Morgan fingerprint density at radius 2 is 2.13 bits per heavy atom. The van der Waals surface area contributed by atoms with E-state index >= 15 is 0 Å². The van der Waals surface area contributed by atoms with E-state index in [-0.39, 0.29) is 42.3 Å². The first-order valence-corrected chi connectivity index (χ1v) is 9.09. The Kier molecular flexibility index (Phi) is 8.28. The van der Waals surface area contributed by atoms with Gasteiger partial charge in [-0.15, -0.1) is 12.4 Å². The van der Waals surface area contributed by atoms with Crippen molar-refractivity contribution in [2.24, 2.45) is 0 Å². The van der Waals surface area contributed by atoms with E-state index < -0.39 is 10.0 Å². The van der Waals surface area contributed by atoms with Gasteiger partial charge in [0.05, 0.1) is 4.90 Å². The van der Waals surface area contributed by atoms with E-state index in [2.05, 4.69) is 15.4 Å². The topological polar surface area (TPSA) is 87.3 Å². The summed E-state index contributed by atoms with van der Waals surface area (Å²) in [6, 6.07) is 6.28. The van der Waals surface area contributed by atoms with Crippen molar-refractivity contribution >= 4 is 39.9 Å². The lowest BCUT2D eigenvalue weighted by Crippen LogP contribution is -2.37. The molecular weight excluding hydrogens is 361 g/mol. The summed E-state index contributed by atoms with van der Waals surface area (Å²) in [4.78, 5) is 11.8. The van der Waals surface area contributed by atoms with E-state index in [9.17, 15) is 13.2 Å². The smallest absolute Gasteiger partial charge is 0.240 e. The molecule has 3 N–H and O–H groups in total. The fourth-order valence-corrected chi connectivity index (χ4v) is 3.66. The Morgan fingerprint density at radius 1 is 1.35 bits per heavy atom. The second-order valence-corrected chi connectivity index (χ2v) is 7.41. The zero-order chi connectivity index (χ0) is 16.0. The molecule has 1 aromatic rings. The van der Waals surface area contributed by atoms with Crippen molar-refractivity contribution in [2.45, 2.75) is 30.2 Å². The van der Waals surface area contributed by atoms with Crippen molar-refractivity contribution in [3.05, 3.63) is 29.3 Å². The largest absolute Gasteiger partial charge is 0.355 e. The molecule has 0 spiro atoms. The molecule has 0 saturated carbocycles. The molecule has 1 atom stereocenters. The molecule has 0 bridgehead atoms. The maximum atomic E-state index is 12.0. The van der Waals surface area contributed by atoms with Gasteiger partial charge >= 0.3 is 0 Å². The number of nitrogens with one attached hydrogen (secondary N) is 3. The lowest BCUT2D eigenvalue weighted by Gasteiger charge is -2.11. The minimum Gasteiger partial charge on any atom is -0.355 e. The lowest BCUT2D eigenvalue weighted by atomic mass is 10.1. The van der Waals surface area contributed by atoms with Crippen LogP contribution >= 0.6 is 24.0 Å². The lowest BCUT2D eigenvalue weighted by molar-refractivity contribution is -0.121. The van der Waals surface area contributed by atoms with E-state index in [0.717, 1.165) is 19.4 Å². The molecule has 9 heteroatoms. The fourth-order valence-electron chi connectivity index (χ4n) is 2.33. The van der Waals surface area contributed by atoms with Gasteiger partial charge in [0.2, 0.25) is 15.9 Å². The second kappa shape index (κ2) is 9.44. The van der Waals surface area contributed by atoms with Crippen LogP contribution in [0.2, 0.25) is 5.02 Å². The molecule has 1 amide bonds. The van der Waals surface area contributed by atoms with Crippen molar-refractivity contribution in [3.8, 4) is 0 Å². The molecule has 23 heavy (non-hydrogen) atoms. The monoisotopic (exact) mass is 381 g/mol. The van der Waals surface area contributed by atoms with Crippen LogP contribution in [0.4, 0.5) is 0 Å². The SMILES string of the molecule is Cl.O=C(CC1CCCN1)NCCNS(=O)(=O)c1cccc(Cl)c1. The van der Waals surface area contributed by atoms with Gasteiger partial charge in [-0.05, 0) is 37.6 Å². The van der Waals surface area contributed by atoms with Gasteiger partial charge in [-0.1, -0.05) is 17.7 Å². The average molecular weight is 382 g/mol. The van der Waals surface area contributed by atoms with E-state index in [0.29, 0.717) is 11.4 Å². The van der Waals surface area contributed by atoms with Crippen molar-refractivity contribution in [1.29, 1.82) is 0 Å². The third-order valence-corrected chi connectivity index (χ3v) is 5.13. The molecule has 1 aromatic carbocycles. The van der Waals surface area contributed by atoms with Gasteiger partial charge in [0.1, 0.15) is 0 Å². The van der Waals surface area contributed by atoms with Crippen LogP contribution in [0.25, 0.3) is 0 Å². The average Bonchev–Trinajstić information content (AvgIpc) is 2.96. The molecule has 1 aliphatic rings. The van der Waals surface area contributed by atoms with E-state index in [1.807, 2.05) is 0 Å². The van der Waals surface area contributed by atoms with Crippen LogP contribution in [0, 0.1) is 0 Å². The van der Waals surface area contributed by atoms with Crippen molar-refractivity contribution in [1.82, 2.24) is 15.4 Å². The Bertz CT molecular complexity index is 619. The van der Waals surface area contributed by atoms with E-state index in [1.54, 1.807) is 12.1 Å². The number of hydrogen-bond donors (Lipinski definition) is 3. The molecule has 1 unspecified atom stereocenters. The highest BCUT2D eigenvalue weighted by Gasteiger charge is 2.17. The van der Waals surface area contributed by atoms with Crippen LogP contribution in [0.5, 0.6) is 0 Å². The Hall–Kier alpha value is -0.860. The molecule has 1 aliphatic heterocycles. The maximum Gasteiger partial charge on any atom is 0.240 e. The normalized spacial score (nSPS) is 17.5. The quantitative estimate of drug-likeness (QED) is 0.621. The highest BCUT2D eigenvalue weighted by molar-refractivity contribution is 7.89. The van der Waals surface area contributed by atoms with Crippen LogP contribution in [0.15, 0.2) is 29.2 Å². The Balaban J connectivity index is 0.00000264. The predicted molar refractivity (Wildman–Crippen MR) is 92.5 cm³/mol. The number of rotatable bonds is 7. The molecule has 0 aliphatic carbocycles. The van der Waals surface area contributed by atoms with Crippen molar-refractivity contribution < 1.29 is 13.2 Å². The van der Waals surface area contributed by atoms with Crippen molar-refractivity contribution in [2.75, 3.05) is 19.6 Å². The fraction of sp³-hybridized carbons (Fsp3) is 0.500. The summed E-state index contributed by atoms with van der Waals surface area (Å²) in [6.07, 6.45) is 2.53. The summed E-state index contributed by atoms with van der Waals surface area (Å²) >= 11 is 5.78. The van der Waals surface area contributed by atoms with Crippen LogP contribution in [-0.4, -0.2) is 40.0 Å². The number of carbonyl (C=O) groups is 1. The molecule has 2 rings (SSSR count). The minimum absolute atomic E-state index is 0. The first-order valence-electron chi connectivity index (χ1n) is 7.23. The third-order valence-electron chi connectivity index (χ3n) is 3.44. The van der Waals surface area contributed by atoms with Gasteiger partial charge in [-0.25, -0.2) is 13.1 Å². The zero-order valence-electron chi connectivity index (χ0n) is 12.5. The highest BCUT2D eigenvalue weighted by atomic mass is 35.5. The summed E-state index contributed by atoms with van der Waals surface area (Å²) in [5, 5.41) is 6.32. The molecule has 130 valence electrons. The summed E-state index contributed by atoms with van der Waals surface area (Å²) in [5.74, 6) is -0.0682. The number of halogens is 2. The Morgan fingerprint density at radius 3 is 2.78 bits per heavy atom. The van der Waals surface area contributed by atoms with Gasteiger partial charge < -0.3 is 10.6 Å². The molecule has 1 heterocycles. The second-order valence-electron chi connectivity index (χ2n) is 5.20. The Labute approximate surface area is 147 Å². The number of sulfonamides is 1. The summed E-state index contributed by atoms with van der Waals surface area (Å²) in [7, 11) is -3.60. The van der Waals surface area contributed by atoms with Gasteiger partial charge in [-0.2, -0.15) is 0 Å². The van der Waals surface area contributed by atoms with Crippen LogP contribution < -0.4 is 15.4 Å². The standard InChI is InChI=1S/C14H20ClN3O3S.ClH/c15-11-3-1-5-13(9-11)22(20,21)18-8-7-17-14(19)10-12-4-2-6-16-12;/h1,3,5,9,12,16,18H,2,4,6-8,10H2,(H,17,19);1H. The van der Waals surface area contributed by atoms with Crippen LogP contribution in [0.3, 0.4) is 0 Å². The van der Waals surface area contributed by atoms with Crippen LogP contribution in [-0.2, 0) is 14.8 Å². The highest BCUT2D eigenvalue weighted by Crippen LogP contribution is 2.14. The zero-order valence-corrected chi connectivity index (χ0v) is 14.9. The third kappa shape index (κ3) is 6.64. The summed E-state index contributed by atoms with van der Waals surface area (Å²) in [5.41, 5.74) is 0. The first-order chi connectivity index (χ1) is 10.5. The van der Waals surface area contributed by atoms with Gasteiger partial charge in [0.25, 0.3) is 0 Å². The number of carbonyl (C=O) groups excluding carboxylic acids is 1. The van der Waals surface area contributed by atoms with Crippen LogP contribution in [0.1, 0.15) is 19.3 Å². The molecular formula is C14H21Cl2N3O3S. The molecule has 0 radical (unpaired) electrons. The summed E-state index contributed by atoms with van der Waals surface area (Å²) < 4.78 is 26.5. The van der Waals surface area contributed by atoms with Gasteiger partial charge in [0.15, 0.2) is 0 Å². The molecule has 6 nitrogen and oxygen atoms in total. The van der Waals surface area contributed by atoms with Gasteiger partial charge in [-0.3, -0.25) is 4.79 Å². The number of amides is 1. The summed E-state index contributed by atoms with van der Waals surface area (Å²) in [6.45, 7) is 1.35.